The zero-order valence-corrected chi connectivity index (χ0v) is 8.34. The third kappa shape index (κ3) is 13.3. The van der Waals surface area contributed by atoms with Crippen LogP contribution in [0.2, 0.25) is 0 Å². The summed E-state index contributed by atoms with van der Waals surface area (Å²) in [4.78, 5) is 0. The molecule has 78 valence electrons. The molecule has 0 aromatic rings. The average molecular weight is 238 g/mol. The molecule has 0 amide bonds. The number of nitrogens with one attached hydrogen (secondary N) is 1. The van der Waals surface area contributed by atoms with Crippen LogP contribution in [0.5, 0.6) is 0 Å². The molecule has 1 atom stereocenters. The number of unbranched alkanes of at least 4 members (excludes halogenated alkanes) is 1. The Labute approximate surface area is 110 Å². The Balaban J connectivity index is 0. The van der Waals surface area contributed by atoms with Crippen molar-refractivity contribution in [2.24, 2.45) is 5.73 Å². The first-order chi connectivity index (χ1) is 5.81. The van der Waals surface area contributed by atoms with Gasteiger partial charge in [0, 0.05) is 13.1 Å². The molecule has 0 aromatic carbocycles. The third-order valence-corrected chi connectivity index (χ3v) is 1.87. The molecule has 5 nitrogen and oxygen atoms in total. The van der Waals surface area contributed by atoms with Gasteiger partial charge in [-0.3, -0.25) is 4.57 Å². The second kappa shape index (κ2) is 13.3. The van der Waals surface area contributed by atoms with Crippen molar-refractivity contribution < 1.29 is 13.7 Å². The molecule has 0 heterocycles. The van der Waals surface area contributed by atoms with Crippen LogP contribution in [0.3, 0.4) is 0 Å². The Hall–Kier alpha value is 1.33. The van der Waals surface area contributed by atoms with Crippen LogP contribution in [0.15, 0.2) is 0 Å². The van der Waals surface area contributed by atoms with E-state index in [1.165, 1.54) is 0 Å². The van der Waals surface area contributed by atoms with E-state index in [2.05, 4.69) is 10.1 Å². The predicted molar refractivity (Wildman–Crippen MR) is 56.5 cm³/mol. The van der Waals surface area contributed by atoms with Gasteiger partial charge in [0.2, 0.25) is 0 Å². The van der Waals surface area contributed by atoms with Gasteiger partial charge in [0.1, 0.15) is 0 Å². The number of rotatable bonds is 8. The molecule has 0 aliphatic carbocycles. The first-order valence-electron chi connectivity index (χ1n) is 4.07. The molecule has 0 radical (unpaired) electrons. The van der Waals surface area contributed by atoms with Crippen LogP contribution in [0.25, 0.3) is 0 Å². The fraction of sp³-hybridized carbons (Fsp3) is 1.00. The summed E-state index contributed by atoms with van der Waals surface area (Å²) in [6, 6.07) is 0. The van der Waals surface area contributed by atoms with Crippen LogP contribution in [0.4, 0.5) is 0 Å². The maximum absolute atomic E-state index is 10.8. The van der Waals surface area contributed by atoms with Crippen molar-refractivity contribution in [2.75, 3.05) is 19.7 Å². The van der Waals surface area contributed by atoms with Crippen LogP contribution in [0, 0.1) is 0 Å². The predicted octanol–water partition coefficient (Wildman–Crippen LogP) is -0.244. The Morgan fingerprint density at radius 1 is 1.54 bits per heavy atom. The zero-order valence-electron chi connectivity index (χ0n) is 7.34. The minimum atomic E-state index is -2.35. The van der Waals surface area contributed by atoms with Crippen molar-refractivity contribution >= 4 is 46.0 Å². The van der Waals surface area contributed by atoms with Gasteiger partial charge in [-0.05, 0) is 6.42 Å². The molecule has 0 spiro atoms. The van der Waals surface area contributed by atoms with E-state index in [0.717, 1.165) is 12.8 Å². The van der Waals surface area contributed by atoms with Gasteiger partial charge < -0.3 is 10.3 Å². The Morgan fingerprint density at radius 3 is 2.77 bits per heavy atom. The normalized spacial score (nSPS) is 12.2. The number of hydrogen-bond donors (Lipinski definition) is 2. The molecule has 7 heteroatoms. The van der Waals surface area contributed by atoms with Gasteiger partial charge in [-0.25, -0.2) is 4.62 Å². The Morgan fingerprint density at radius 2 is 2.23 bits per heavy atom. The van der Waals surface area contributed by atoms with Crippen LogP contribution in [-0.4, -0.2) is 57.4 Å². The molecule has 0 aliphatic rings. The Kier molecular flexibility index (Phi) is 17.2. The molecular weight excluding hydrogens is 219 g/mol. The first kappa shape index (κ1) is 16.7. The van der Waals surface area contributed by atoms with Crippen molar-refractivity contribution in [3.63, 3.8) is 0 Å². The summed E-state index contributed by atoms with van der Waals surface area (Å²) >= 11 is 0. The standard InChI is InChI=1S/C6H17N2O3P.Ca.2H/c1-2-3-6-10-12(9)11-8-5-4-7;;;/h8,12H,2-7H2,1H3;;;. The molecule has 0 rings (SSSR count). The SMILES string of the molecule is CCCCO[PH](=O)ONCCN.[CaH2]. The monoisotopic (exact) mass is 238 g/mol. The first-order valence-corrected chi connectivity index (χ1v) is 5.30. The molecule has 3 N–H and O–H groups in total. The molecule has 0 bridgehead atoms. The number of hydroxylamine groups is 1. The second-order valence-electron chi connectivity index (χ2n) is 2.24. The molecule has 0 saturated carbocycles. The van der Waals surface area contributed by atoms with E-state index in [1.54, 1.807) is 0 Å². The summed E-state index contributed by atoms with van der Waals surface area (Å²) in [5.74, 6) is 0. The summed E-state index contributed by atoms with van der Waals surface area (Å²) in [6.45, 7) is 3.45. The van der Waals surface area contributed by atoms with Crippen LogP contribution in [-0.2, 0) is 13.7 Å². The zero-order chi connectivity index (χ0) is 9.23. The fourth-order valence-electron chi connectivity index (χ4n) is 0.498. The van der Waals surface area contributed by atoms with Crippen molar-refractivity contribution in [1.82, 2.24) is 5.48 Å². The van der Waals surface area contributed by atoms with E-state index >= 15 is 0 Å². The minimum absolute atomic E-state index is 0. The number of hydrogen-bond acceptors (Lipinski definition) is 5. The third-order valence-electron chi connectivity index (χ3n) is 1.12. The van der Waals surface area contributed by atoms with Gasteiger partial charge in [0.15, 0.2) is 0 Å². The van der Waals surface area contributed by atoms with Gasteiger partial charge in [-0.2, -0.15) is 5.48 Å². The molecule has 1 unspecified atom stereocenters. The molecule has 0 saturated heterocycles. The molecule has 13 heavy (non-hydrogen) atoms. The van der Waals surface area contributed by atoms with E-state index in [4.69, 9.17) is 10.3 Å². The topological polar surface area (TPSA) is 73.6 Å². The molecular formula is C6H19CaN2O3P. The molecule has 0 aliphatic heterocycles. The number of nitrogens with two attached hydrogens (primary N) is 1. The van der Waals surface area contributed by atoms with E-state index in [1.807, 2.05) is 6.92 Å². The molecule has 0 aromatic heterocycles. The van der Waals surface area contributed by atoms with Gasteiger partial charge in [0.05, 0.1) is 6.61 Å². The average Bonchev–Trinajstić information content (AvgIpc) is 2.06. The van der Waals surface area contributed by atoms with E-state index in [9.17, 15) is 4.57 Å². The van der Waals surface area contributed by atoms with E-state index in [0.29, 0.717) is 19.7 Å². The molecule has 0 fully saturated rings. The Bertz CT molecular complexity index is 116. The fourth-order valence-corrected chi connectivity index (χ4v) is 1.09. The quantitative estimate of drug-likeness (QED) is 0.264. The van der Waals surface area contributed by atoms with Gasteiger partial charge in [0.25, 0.3) is 0 Å². The maximum atomic E-state index is 10.8. The van der Waals surface area contributed by atoms with Crippen molar-refractivity contribution in [3.05, 3.63) is 0 Å². The summed E-state index contributed by atoms with van der Waals surface area (Å²) in [7, 11) is -2.35. The van der Waals surface area contributed by atoms with Crippen LogP contribution < -0.4 is 11.2 Å². The van der Waals surface area contributed by atoms with Crippen molar-refractivity contribution in [3.8, 4) is 0 Å². The van der Waals surface area contributed by atoms with Gasteiger partial charge in [-0.15, -0.1) is 0 Å². The van der Waals surface area contributed by atoms with Gasteiger partial charge >= 0.3 is 46.0 Å². The summed E-state index contributed by atoms with van der Waals surface area (Å²) in [6.07, 6.45) is 1.92. The van der Waals surface area contributed by atoms with Crippen molar-refractivity contribution in [1.29, 1.82) is 0 Å². The van der Waals surface area contributed by atoms with Gasteiger partial charge in [-0.1, -0.05) is 13.3 Å². The second-order valence-corrected chi connectivity index (χ2v) is 3.23. The van der Waals surface area contributed by atoms with E-state index in [-0.39, 0.29) is 37.7 Å². The van der Waals surface area contributed by atoms with Crippen LogP contribution in [0.1, 0.15) is 19.8 Å². The van der Waals surface area contributed by atoms with Crippen LogP contribution >= 0.6 is 8.25 Å². The van der Waals surface area contributed by atoms with Crippen molar-refractivity contribution in [2.45, 2.75) is 19.8 Å². The summed E-state index contributed by atoms with van der Waals surface area (Å²) < 4.78 is 20.3. The summed E-state index contributed by atoms with van der Waals surface area (Å²) in [5, 5.41) is 0. The van der Waals surface area contributed by atoms with E-state index < -0.39 is 8.25 Å². The summed E-state index contributed by atoms with van der Waals surface area (Å²) in [5.41, 5.74) is 7.61.